The number of halogens is 4. The van der Waals surface area contributed by atoms with E-state index in [9.17, 15) is 18.0 Å². The van der Waals surface area contributed by atoms with Gasteiger partial charge >= 0.3 is 12.1 Å². The fraction of sp³-hybridized carbons (Fsp3) is 0.500. The van der Waals surface area contributed by atoms with Gasteiger partial charge in [-0.1, -0.05) is 0 Å². The lowest BCUT2D eigenvalue weighted by Gasteiger charge is -2.15. The smallest absolute Gasteiger partial charge is 0.420 e. The monoisotopic (exact) mass is 408 g/mol. The maximum Gasteiger partial charge on any atom is 0.420 e. The molecule has 0 amide bonds. The number of hydrogen-bond acceptors (Lipinski definition) is 4. The van der Waals surface area contributed by atoms with Gasteiger partial charge in [0.05, 0.1) is 20.6 Å². The van der Waals surface area contributed by atoms with E-state index < -0.39 is 17.7 Å². The largest absolute Gasteiger partial charge is 0.496 e. The van der Waals surface area contributed by atoms with Gasteiger partial charge in [-0.2, -0.15) is 13.2 Å². The number of alkyl halides is 3. The number of nitrogens with zero attached hydrogens (tertiary/aromatic N) is 2. The molecule has 2 rings (SSSR count). The van der Waals surface area contributed by atoms with Gasteiger partial charge in [0.2, 0.25) is 0 Å². The first kappa shape index (κ1) is 23.1. The fourth-order valence-corrected chi connectivity index (χ4v) is 3.10. The molecule has 0 atom stereocenters. The van der Waals surface area contributed by atoms with Crippen molar-refractivity contribution in [1.29, 1.82) is 0 Å². The summed E-state index contributed by atoms with van der Waals surface area (Å²) in [5.74, 6) is -0.850. The molecule has 0 N–H and O–H groups in total. The van der Waals surface area contributed by atoms with Gasteiger partial charge in [0.15, 0.2) is 0 Å². The Morgan fingerprint density at radius 1 is 1.22 bits per heavy atom. The van der Waals surface area contributed by atoms with Gasteiger partial charge in [-0.25, -0.2) is 0 Å². The number of methoxy groups -OCH3 is 2. The van der Waals surface area contributed by atoms with E-state index in [0.29, 0.717) is 29.9 Å². The summed E-state index contributed by atoms with van der Waals surface area (Å²) in [7, 11) is 6.20. The van der Waals surface area contributed by atoms with Crippen molar-refractivity contribution < 1.29 is 27.4 Å². The van der Waals surface area contributed by atoms with Crippen molar-refractivity contribution in [3.63, 3.8) is 0 Å². The Morgan fingerprint density at radius 2 is 1.85 bits per heavy atom. The zero-order chi connectivity index (χ0) is 19.6. The van der Waals surface area contributed by atoms with Gasteiger partial charge in [0.1, 0.15) is 11.3 Å². The first-order valence-electron chi connectivity index (χ1n) is 8.09. The second-order valence-corrected chi connectivity index (χ2v) is 6.31. The third kappa shape index (κ3) is 4.68. The van der Waals surface area contributed by atoms with E-state index in [0.717, 1.165) is 0 Å². The molecular formula is C18H24ClF3N2O3. The molecule has 0 aliphatic rings. The van der Waals surface area contributed by atoms with Crippen molar-refractivity contribution in [3.05, 3.63) is 29.0 Å². The number of rotatable bonds is 6. The quantitative estimate of drug-likeness (QED) is 0.684. The molecule has 0 aliphatic carbocycles. The number of fused-ring (bicyclic) bond motifs is 1. The molecule has 152 valence electrons. The average Bonchev–Trinajstić information content (AvgIpc) is 2.82. The molecule has 2 aromatic rings. The highest BCUT2D eigenvalue weighted by Crippen LogP contribution is 2.44. The number of carbonyl (C=O) groups excluding carboxylic acids is 1. The van der Waals surface area contributed by atoms with E-state index in [1.54, 1.807) is 13.0 Å². The maximum atomic E-state index is 13.8. The Bertz CT molecular complexity index is 817. The molecular weight excluding hydrogens is 385 g/mol. The van der Waals surface area contributed by atoms with Gasteiger partial charge in [0.25, 0.3) is 0 Å². The molecule has 9 heteroatoms. The molecule has 27 heavy (non-hydrogen) atoms. The molecule has 0 spiro atoms. The Kier molecular flexibility index (Phi) is 7.57. The van der Waals surface area contributed by atoms with Crippen LogP contribution in [0.15, 0.2) is 12.1 Å². The van der Waals surface area contributed by atoms with Crippen LogP contribution in [0.1, 0.15) is 16.8 Å². The van der Waals surface area contributed by atoms with Gasteiger partial charge in [0, 0.05) is 29.7 Å². The summed E-state index contributed by atoms with van der Waals surface area (Å²) >= 11 is 0. The number of carbonyl (C=O) groups is 1. The van der Waals surface area contributed by atoms with Crippen LogP contribution < -0.4 is 4.74 Å². The van der Waals surface area contributed by atoms with Crippen molar-refractivity contribution >= 4 is 29.3 Å². The van der Waals surface area contributed by atoms with E-state index in [-0.39, 0.29) is 30.0 Å². The van der Waals surface area contributed by atoms with E-state index in [1.165, 1.54) is 20.3 Å². The van der Waals surface area contributed by atoms with E-state index in [2.05, 4.69) is 4.74 Å². The van der Waals surface area contributed by atoms with Crippen LogP contribution >= 0.6 is 12.4 Å². The van der Waals surface area contributed by atoms with Gasteiger partial charge in [-0.05, 0) is 38.7 Å². The zero-order valence-corrected chi connectivity index (χ0v) is 16.8. The summed E-state index contributed by atoms with van der Waals surface area (Å²) < 4.78 is 52.9. The Balaban J connectivity index is 0.00000364. The number of likely N-dealkylation sites (N-methyl/N-ethyl adjacent to an activating group) is 1. The Morgan fingerprint density at radius 3 is 2.33 bits per heavy atom. The van der Waals surface area contributed by atoms with Crippen molar-refractivity contribution in [2.75, 3.05) is 34.9 Å². The van der Waals surface area contributed by atoms with E-state index in [1.807, 2.05) is 23.6 Å². The molecule has 0 radical (unpaired) electrons. The summed E-state index contributed by atoms with van der Waals surface area (Å²) in [6, 6.07) is 2.92. The SMILES string of the molecule is COC(=O)Cc1c(C)n(CCN(C)C)c2ccc(OC)c(C(F)(F)F)c12.Cl. The summed E-state index contributed by atoms with van der Waals surface area (Å²) in [4.78, 5) is 13.8. The predicted octanol–water partition coefficient (Wildman–Crippen LogP) is 3.68. The third-order valence-corrected chi connectivity index (χ3v) is 4.40. The highest BCUT2D eigenvalue weighted by molar-refractivity contribution is 5.94. The van der Waals surface area contributed by atoms with Crippen molar-refractivity contribution in [3.8, 4) is 5.75 Å². The first-order valence-corrected chi connectivity index (χ1v) is 8.09. The molecule has 0 aliphatic heterocycles. The lowest BCUT2D eigenvalue weighted by atomic mass is 10.0. The highest BCUT2D eigenvalue weighted by Gasteiger charge is 2.38. The van der Waals surface area contributed by atoms with Crippen LogP contribution in [0.3, 0.4) is 0 Å². The highest BCUT2D eigenvalue weighted by atomic mass is 35.5. The number of hydrogen-bond donors (Lipinski definition) is 0. The summed E-state index contributed by atoms with van der Waals surface area (Å²) in [5.41, 5.74) is 0.502. The molecule has 0 fully saturated rings. The van der Waals surface area contributed by atoms with Crippen LogP contribution in [0.4, 0.5) is 13.2 Å². The molecule has 0 unspecified atom stereocenters. The van der Waals surface area contributed by atoms with Gasteiger partial charge in [-0.3, -0.25) is 4.79 Å². The van der Waals surface area contributed by atoms with Crippen molar-refractivity contribution in [2.24, 2.45) is 0 Å². The van der Waals surface area contributed by atoms with Crippen molar-refractivity contribution in [2.45, 2.75) is 26.1 Å². The maximum absolute atomic E-state index is 13.8. The molecule has 5 nitrogen and oxygen atoms in total. The minimum atomic E-state index is -4.62. The second kappa shape index (κ2) is 8.84. The Labute approximate surface area is 162 Å². The average molecular weight is 409 g/mol. The minimum absolute atomic E-state index is 0. The Hall–Kier alpha value is -1.93. The topological polar surface area (TPSA) is 43.7 Å². The van der Waals surface area contributed by atoms with Crippen LogP contribution in [0, 0.1) is 6.92 Å². The third-order valence-electron chi connectivity index (χ3n) is 4.40. The molecule has 1 heterocycles. The van der Waals surface area contributed by atoms with Crippen LogP contribution in [0.2, 0.25) is 0 Å². The molecule has 0 bridgehead atoms. The minimum Gasteiger partial charge on any atom is -0.496 e. The van der Waals surface area contributed by atoms with Crippen LogP contribution in [-0.2, 0) is 28.7 Å². The summed E-state index contributed by atoms with van der Waals surface area (Å²) in [6.07, 6.45) is -4.85. The molecule has 1 aromatic heterocycles. The lowest BCUT2D eigenvalue weighted by Crippen LogP contribution is -2.19. The normalized spacial score (nSPS) is 11.6. The number of esters is 1. The van der Waals surface area contributed by atoms with Crippen molar-refractivity contribution in [1.82, 2.24) is 9.47 Å². The molecule has 1 aromatic carbocycles. The first-order chi connectivity index (χ1) is 12.1. The molecule has 0 saturated carbocycles. The van der Waals surface area contributed by atoms with Crippen LogP contribution in [0.5, 0.6) is 5.75 Å². The summed E-state index contributed by atoms with van der Waals surface area (Å²) in [6.45, 7) is 2.87. The van der Waals surface area contributed by atoms with Gasteiger partial charge < -0.3 is 18.9 Å². The van der Waals surface area contributed by atoms with Crippen LogP contribution in [0.25, 0.3) is 10.9 Å². The lowest BCUT2D eigenvalue weighted by molar-refractivity contribution is -0.140. The van der Waals surface area contributed by atoms with E-state index in [4.69, 9.17) is 4.74 Å². The summed E-state index contributed by atoms with van der Waals surface area (Å²) in [5, 5.41) is -0.00138. The van der Waals surface area contributed by atoms with Crippen LogP contribution in [-0.4, -0.2) is 50.3 Å². The zero-order valence-electron chi connectivity index (χ0n) is 15.9. The second-order valence-electron chi connectivity index (χ2n) is 6.31. The number of aromatic nitrogens is 1. The predicted molar refractivity (Wildman–Crippen MR) is 99.8 cm³/mol. The number of benzene rings is 1. The van der Waals surface area contributed by atoms with E-state index >= 15 is 0 Å². The standard InChI is InChI=1S/C18H23F3N2O3.ClH/c1-11-12(10-15(24)26-5)16-13(23(11)9-8-22(2)3)6-7-14(25-4)17(16)18(19,20)21;/h6-7H,8-10H2,1-5H3;1H. The molecule has 0 saturated heterocycles. The fourth-order valence-electron chi connectivity index (χ4n) is 3.10. The number of ether oxygens (including phenoxy) is 2. The van der Waals surface area contributed by atoms with Gasteiger partial charge in [-0.15, -0.1) is 12.4 Å².